The van der Waals surface area contributed by atoms with E-state index in [0.29, 0.717) is 32.1 Å². The van der Waals surface area contributed by atoms with Crippen molar-refractivity contribution in [3.05, 3.63) is 122 Å². The highest BCUT2D eigenvalue weighted by atomic mass is 31.2. The van der Waals surface area contributed by atoms with Crippen molar-refractivity contribution in [2.75, 3.05) is 39.6 Å². The third-order valence-corrected chi connectivity index (χ3v) is 17.4. The summed E-state index contributed by atoms with van der Waals surface area (Å²) in [6.45, 7) is 4.46. The zero-order chi connectivity index (χ0) is 71.8. The Morgan fingerprint density at radius 3 is 0.949 bits per heavy atom. The van der Waals surface area contributed by atoms with Gasteiger partial charge in [-0.05, 0) is 116 Å². The van der Waals surface area contributed by atoms with Gasteiger partial charge >= 0.3 is 39.5 Å². The van der Waals surface area contributed by atoms with Crippen LogP contribution in [0.4, 0.5) is 0 Å². The quantitative estimate of drug-likeness (QED) is 0.0169. The van der Waals surface area contributed by atoms with Gasteiger partial charge in [0.2, 0.25) is 0 Å². The Bertz CT molecular complexity index is 2340. The molecule has 0 spiro atoms. The number of carbonyl (C=O) groups is 4. The van der Waals surface area contributed by atoms with Gasteiger partial charge in [-0.25, -0.2) is 9.13 Å². The molecule has 0 heterocycles. The molecule has 0 bridgehead atoms. The number of allylic oxidation sites excluding steroid dienone is 19. The summed E-state index contributed by atoms with van der Waals surface area (Å²) in [5.41, 5.74) is 0. The van der Waals surface area contributed by atoms with Crippen molar-refractivity contribution in [3.63, 3.8) is 0 Å². The van der Waals surface area contributed by atoms with Gasteiger partial charge in [0.1, 0.15) is 19.3 Å². The summed E-state index contributed by atoms with van der Waals surface area (Å²) in [5, 5.41) is 10.6. The first-order valence-corrected chi connectivity index (χ1v) is 40.8. The lowest BCUT2D eigenvalue weighted by Crippen LogP contribution is -2.30. The number of aliphatic hydroxyl groups is 1. The Kier molecular flexibility index (Phi) is 67.6. The van der Waals surface area contributed by atoms with E-state index in [9.17, 15) is 43.2 Å². The number of phosphoric acid groups is 2. The van der Waals surface area contributed by atoms with E-state index >= 15 is 0 Å². The second-order valence-corrected chi connectivity index (χ2v) is 27.8. The van der Waals surface area contributed by atoms with Crippen LogP contribution in [0.1, 0.15) is 297 Å². The molecule has 0 aromatic carbocycles. The van der Waals surface area contributed by atoms with Crippen LogP contribution in [-0.4, -0.2) is 96.7 Å². The lowest BCUT2D eigenvalue weighted by molar-refractivity contribution is -0.161. The Hall–Kier alpha value is -4.54. The zero-order valence-corrected chi connectivity index (χ0v) is 63.0. The van der Waals surface area contributed by atoms with Crippen LogP contribution in [0.25, 0.3) is 0 Å². The largest absolute Gasteiger partial charge is 0.472 e. The van der Waals surface area contributed by atoms with Crippen molar-refractivity contribution < 1.29 is 80.2 Å². The molecule has 0 aliphatic carbocycles. The molecule has 0 aliphatic heterocycles. The molecule has 0 aliphatic rings. The molecule has 5 atom stereocenters. The van der Waals surface area contributed by atoms with Gasteiger partial charge in [0.25, 0.3) is 0 Å². The van der Waals surface area contributed by atoms with Crippen LogP contribution in [0.3, 0.4) is 0 Å². The molecule has 0 aromatic heterocycles. The SMILES string of the molecule is CC/C=C\C/C=C\C/C=C\C/C=C\C/C=C\CC(=O)OCC(COP(=O)(O)OCC(O)COP(=O)(O)OCC(COC(=O)CCCCCCCCCCCCCCCCC)OC(=O)CCCCCCC/C=C\CCCCCC)OC(=O)CCCC/C=C\C/C=C\C/C=C\C/C=C\CC. The molecule has 0 aromatic rings. The van der Waals surface area contributed by atoms with Crippen molar-refractivity contribution in [2.45, 2.75) is 316 Å². The molecule has 562 valence electrons. The van der Waals surface area contributed by atoms with Crippen molar-refractivity contribution in [1.29, 1.82) is 0 Å². The molecule has 0 amide bonds. The Morgan fingerprint density at radius 1 is 0.306 bits per heavy atom. The molecule has 3 N–H and O–H groups in total. The van der Waals surface area contributed by atoms with Crippen molar-refractivity contribution in [1.82, 2.24) is 0 Å². The average molecular weight is 1420 g/mol. The molecule has 98 heavy (non-hydrogen) atoms. The van der Waals surface area contributed by atoms with Crippen LogP contribution in [0, 0.1) is 0 Å². The highest BCUT2D eigenvalue weighted by Crippen LogP contribution is 2.45. The molecule has 0 fully saturated rings. The smallest absolute Gasteiger partial charge is 0.462 e. The number of aliphatic hydroxyl groups excluding tert-OH is 1. The first kappa shape index (κ1) is 93.5. The van der Waals surface area contributed by atoms with E-state index in [0.717, 1.165) is 116 Å². The summed E-state index contributed by atoms with van der Waals surface area (Å²) in [7, 11) is -9.99. The third-order valence-electron chi connectivity index (χ3n) is 15.5. The number of hydrogen-bond acceptors (Lipinski definition) is 15. The summed E-state index contributed by atoms with van der Waals surface area (Å²) in [4.78, 5) is 72.7. The Morgan fingerprint density at radius 2 is 0.571 bits per heavy atom. The van der Waals surface area contributed by atoms with Crippen molar-refractivity contribution in [3.8, 4) is 0 Å². The Balaban J connectivity index is 5.44. The fourth-order valence-electron chi connectivity index (χ4n) is 9.75. The predicted octanol–water partition coefficient (Wildman–Crippen LogP) is 21.6. The zero-order valence-electron chi connectivity index (χ0n) is 61.2. The second-order valence-electron chi connectivity index (χ2n) is 24.8. The molecule has 0 saturated carbocycles. The van der Waals surface area contributed by atoms with Crippen LogP contribution in [0.2, 0.25) is 0 Å². The van der Waals surface area contributed by atoms with Gasteiger partial charge in [0, 0.05) is 19.3 Å². The van der Waals surface area contributed by atoms with E-state index in [2.05, 4.69) is 119 Å². The topological polar surface area (TPSA) is 237 Å². The number of rotatable bonds is 70. The standard InChI is InChI=1S/C79H134O17P2/c1-5-9-13-17-21-25-29-33-36-40-43-47-51-55-59-63-76(81)89-69-74(95-78(83)65-61-57-53-49-45-39-32-28-24-20-16-12-8-4)71-93-97(85,86)91-67-73(80)68-92-98(87,88)94-72-75(96-79(84)66-62-58-54-50-46-42-38-35-31-27-23-19-15-11-7-3)70-90-77(82)64-60-56-52-48-44-41-37-34-30-26-22-18-14-10-6-2/h10-11,14-15,22-23,26-28,32,34-35,37-38,44,46,48,50,56,60,73-75,80H,5-9,12-13,16-21,24-25,29-31,33,36,39-43,45,47,49,51-55,57-59,61-72H2,1-4H3,(H,85,86)(H,87,88)/b14-10-,15-11-,26-22-,27-23-,32-28-,37-34-,38-35-,48-44-,50-46-,60-56-. The molecular formula is C79H134O17P2. The van der Waals surface area contributed by atoms with E-state index < -0.39 is 97.5 Å². The fourth-order valence-corrected chi connectivity index (χ4v) is 11.3. The number of ether oxygens (including phenoxy) is 4. The number of hydrogen-bond donors (Lipinski definition) is 3. The lowest BCUT2D eigenvalue weighted by Gasteiger charge is -2.21. The maximum atomic E-state index is 13.1. The highest BCUT2D eigenvalue weighted by Gasteiger charge is 2.30. The van der Waals surface area contributed by atoms with Crippen molar-refractivity contribution >= 4 is 39.5 Å². The van der Waals surface area contributed by atoms with Gasteiger partial charge in [-0.2, -0.15) is 0 Å². The summed E-state index contributed by atoms with van der Waals surface area (Å²) >= 11 is 0. The van der Waals surface area contributed by atoms with Gasteiger partial charge < -0.3 is 33.8 Å². The minimum absolute atomic E-state index is 0.0207. The summed E-state index contributed by atoms with van der Waals surface area (Å²) in [5.74, 6) is -2.38. The number of esters is 4. The van der Waals surface area contributed by atoms with Gasteiger partial charge in [-0.3, -0.25) is 37.3 Å². The van der Waals surface area contributed by atoms with Gasteiger partial charge in [0.15, 0.2) is 12.2 Å². The van der Waals surface area contributed by atoms with E-state index in [4.69, 9.17) is 37.0 Å². The number of carbonyl (C=O) groups excluding carboxylic acids is 4. The maximum Gasteiger partial charge on any atom is 0.472 e. The van der Waals surface area contributed by atoms with Crippen LogP contribution in [-0.2, 0) is 65.4 Å². The maximum absolute atomic E-state index is 13.1. The Labute approximate surface area is 593 Å². The van der Waals surface area contributed by atoms with E-state index in [-0.39, 0.29) is 25.7 Å². The minimum atomic E-state index is -5.01. The molecule has 0 radical (unpaired) electrons. The minimum Gasteiger partial charge on any atom is -0.462 e. The summed E-state index contributed by atoms with van der Waals surface area (Å²) < 4.78 is 68.3. The number of phosphoric ester groups is 2. The third kappa shape index (κ3) is 69.9. The van der Waals surface area contributed by atoms with Gasteiger partial charge in [0.05, 0.1) is 32.8 Å². The van der Waals surface area contributed by atoms with E-state index in [1.165, 1.54) is 96.3 Å². The first-order chi connectivity index (χ1) is 47.7. The summed E-state index contributed by atoms with van der Waals surface area (Å²) in [6.07, 6.45) is 76.6. The fraction of sp³-hybridized carbons (Fsp3) is 0.696. The van der Waals surface area contributed by atoms with Crippen LogP contribution in [0.15, 0.2) is 122 Å². The van der Waals surface area contributed by atoms with E-state index in [1.54, 1.807) is 6.08 Å². The second kappa shape index (κ2) is 70.9. The first-order valence-electron chi connectivity index (χ1n) is 37.8. The molecule has 0 saturated heterocycles. The number of unbranched alkanes of at least 4 members (excludes halogenated alkanes) is 25. The van der Waals surface area contributed by atoms with Gasteiger partial charge in [-0.1, -0.05) is 278 Å². The monoisotopic (exact) mass is 1420 g/mol. The molecule has 17 nitrogen and oxygen atoms in total. The van der Waals surface area contributed by atoms with Crippen molar-refractivity contribution in [2.24, 2.45) is 0 Å². The highest BCUT2D eigenvalue weighted by molar-refractivity contribution is 7.47. The normalized spacial score (nSPS) is 14.6. The lowest BCUT2D eigenvalue weighted by atomic mass is 10.0. The van der Waals surface area contributed by atoms with E-state index in [1.807, 2.05) is 24.3 Å². The molecule has 5 unspecified atom stereocenters. The van der Waals surface area contributed by atoms with Crippen LogP contribution in [0.5, 0.6) is 0 Å². The summed E-state index contributed by atoms with van der Waals surface area (Å²) in [6, 6.07) is 0. The molecular weight excluding hydrogens is 1280 g/mol. The average Bonchev–Trinajstić information content (AvgIpc) is 1.04. The molecule has 0 rings (SSSR count). The predicted molar refractivity (Wildman–Crippen MR) is 399 cm³/mol. The molecule has 19 heteroatoms. The van der Waals surface area contributed by atoms with Gasteiger partial charge in [-0.15, -0.1) is 0 Å². The van der Waals surface area contributed by atoms with Crippen LogP contribution < -0.4 is 0 Å². The van der Waals surface area contributed by atoms with Crippen LogP contribution >= 0.6 is 15.6 Å².